The van der Waals surface area contributed by atoms with E-state index in [1.165, 1.54) is 4.90 Å². The van der Waals surface area contributed by atoms with Gasteiger partial charge in [-0.1, -0.05) is 40.9 Å². The van der Waals surface area contributed by atoms with Crippen LogP contribution in [0.15, 0.2) is 47.5 Å². The zero-order valence-electron chi connectivity index (χ0n) is 23.0. The van der Waals surface area contributed by atoms with Crippen LogP contribution in [-0.2, 0) is 20.7 Å². The third-order valence-corrected chi connectivity index (χ3v) is 8.23. The molecule has 39 heavy (non-hydrogen) atoms. The van der Waals surface area contributed by atoms with E-state index in [4.69, 9.17) is 32.7 Å². The second-order valence-electron chi connectivity index (χ2n) is 10.3. The van der Waals surface area contributed by atoms with Crippen LogP contribution in [0.2, 0.25) is 10.0 Å². The van der Waals surface area contributed by atoms with Gasteiger partial charge in [-0.3, -0.25) is 14.6 Å². The molecule has 0 unspecified atom stereocenters. The van der Waals surface area contributed by atoms with E-state index in [1.807, 2.05) is 50.2 Å². The minimum atomic E-state index is -0.406. The van der Waals surface area contributed by atoms with E-state index >= 15 is 0 Å². The van der Waals surface area contributed by atoms with E-state index in [0.29, 0.717) is 40.8 Å². The van der Waals surface area contributed by atoms with E-state index in [2.05, 4.69) is 9.80 Å². The average molecular weight is 575 g/mol. The van der Waals surface area contributed by atoms with Crippen LogP contribution in [0.1, 0.15) is 45.6 Å². The van der Waals surface area contributed by atoms with Gasteiger partial charge in [-0.15, -0.1) is 0 Å². The molecule has 2 aliphatic rings. The van der Waals surface area contributed by atoms with Gasteiger partial charge in [-0.2, -0.15) is 0 Å². The average Bonchev–Trinajstić information content (AvgIpc) is 2.93. The Kier molecular flexibility index (Phi) is 10.2. The summed E-state index contributed by atoms with van der Waals surface area (Å²) in [5.74, 6) is 0.254. The lowest BCUT2D eigenvalue weighted by atomic mass is 10.0. The zero-order chi connectivity index (χ0) is 27.9. The number of nitrogens with zero attached hydrogens (tertiary/aromatic N) is 3. The molecule has 7 nitrogen and oxygen atoms in total. The molecule has 1 saturated heterocycles. The van der Waals surface area contributed by atoms with Crippen LogP contribution in [0.5, 0.6) is 5.75 Å². The van der Waals surface area contributed by atoms with Gasteiger partial charge in [0.15, 0.2) is 6.73 Å². The molecule has 0 aliphatic carbocycles. The third kappa shape index (κ3) is 7.47. The number of esters is 1. The second-order valence-corrected chi connectivity index (χ2v) is 11.0. The van der Waals surface area contributed by atoms with Crippen molar-refractivity contribution in [3.63, 3.8) is 0 Å². The number of aryl methyl sites for hydroxylation is 1. The van der Waals surface area contributed by atoms with Crippen LogP contribution in [0.4, 0.5) is 11.4 Å². The number of halogens is 2. The topological polar surface area (TPSA) is 62.3 Å². The van der Waals surface area contributed by atoms with Gasteiger partial charge in [-0.25, -0.2) is 4.79 Å². The molecule has 210 valence electrons. The molecule has 0 spiro atoms. The number of hydrogen-bond donors (Lipinski definition) is 0. The Morgan fingerprint density at radius 2 is 1.72 bits per heavy atom. The fourth-order valence-electron chi connectivity index (χ4n) is 4.76. The van der Waals surface area contributed by atoms with E-state index in [0.717, 1.165) is 68.1 Å². The molecule has 0 radical (unpaired) electrons. The quantitative estimate of drug-likeness (QED) is 0.194. The third-order valence-electron chi connectivity index (χ3n) is 7.42. The number of piperazine rings is 1. The van der Waals surface area contributed by atoms with Crippen LogP contribution >= 0.6 is 23.2 Å². The molecule has 0 atom stereocenters. The highest BCUT2D eigenvalue weighted by atomic mass is 35.5. The summed E-state index contributed by atoms with van der Waals surface area (Å²) < 4.78 is 11.5. The Hall–Kier alpha value is -2.74. The van der Waals surface area contributed by atoms with Gasteiger partial charge in [0.1, 0.15) is 5.75 Å². The van der Waals surface area contributed by atoms with E-state index in [1.54, 1.807) is 6.92 Å². The maximum Gasteiger partial charge on any atom is 0.335 e. The van der Waals surface area contributed by atoms with Crippen LogP contribution in [0, 0.1) is 0 Å². The van der Waals surface area contributed by atoms with Crippen molar-refractivity contribution in [2.24, 2.45) is 0 Å². The first-order chi connectivity index (χ1) is 18.7. The van der Waals surface area contributed by atoms with Crippen LogP contribution in [0.3, 0.4) is 0 Å². The maximum absolute atomic E-state index is 12.6. The number of anilines is 2. The Morgan fingerprint density at radius 3 is 2.46 bits per heavy atom. The van der Waals surface area contributed by atoms with Gasteiger partial charge >= 0.3 is 5.97 Å². The van der Waals surface area contributed by atoms with Crippen molar-refractivity contribution < 1.29 is 19.1 Å². The monoisotopic (exact) mass is 573 g/mol. The van der Waals surface area contributed by atoms with Crippen LogP contribution in [0.25, 0.3) is 0 Å². The van der Waals surface area contributed by atoms with E-state index in [-0.39, 0.29) is 12.6 Å². The van der Waals surface area contributed by atoms with Gasteiger partial charge in [0.2, 0.25) is 5.91 Å². The summed E-state index contributed by atoms with van der Waals surface area (Å²) in [7, 11) is 0. The van der Waals surface area contributed by atoms with Gasteiger partial charge in [0.25, 0.3) is 0 Å². The molecule has 2 aliphatic heterocycles. The van der Waals surface area contributed by atoms with E-state index < -0.39 is 5.97 Å². The first kappa shape index (κ1) is 29.2. The van der Waals surface area contributed by atoms with Gasteiger partial charge in [-0.05, 0) is 70.3 Å². The summed E-state index contributed by atoms with van der Waals surface area (Å²) in [6, 6.07) is 11.6. The van der Waals surface area contributed by atoms with Gasteiger partial charge < -0.3 is 14.4 Å². The highest BCUT2D eigenvalue weighted by molar-refractivity contribution is 6.43. The van der Waals surface area contributed by atoms with Crippen LogP contribution < -0.4 is 14.5 Å². The zero-order valence-corrected chi connectivity index (χ0v) is 24.5. The minimum Gasteiger partial charge on any atom is -0.494 e. The van der Waals surface area contributed by atoms with Crippen LogP contribution in [-0.4, -0.2) is 62.8 Å². The molecular weight excluding hydrogens is 537 g/mol. The Labute approximate surface area is 241 Å². The molecule has 2 heterocycles. The number of carbonyl (C=O) groups is 2. The smallest absolute Gasteiger partial charge is 0.335 e. The van der Waals surface area contributed by atoms with Crippen molar-refractivity contribution >= 4 is 46.5 Å². The standard InChI is InChI=1S/C30H37Cl2N3O4/c1-21(2)22(3)30(37)39-20-35-27-19-24(11-9-23(27)10-12-28(35)36)38-18-5-4-13-33-14-16-34(17-15-33)26-8-6-7-25(31)29(26)32/h6-9,11,19H,4-5,10,12-18,20H2,1-3H3. The van der Waals surface area contributed by atoms with E-state index in [9.17, 15) is 9.59 Å². The highest BCUT2D eigenvalue weighted by Gasteiger charge is 2.26. The first-order valence-electron chi connectivity index (χ1n) is 13.5. The van der Waals surface area contributed by atoms with Gasteiger partial charge in [0, 0.05) is 44.2 Å². The lowest BCUT2D eigenvalue weighted by molar-refractivity contribution is -0.139. The summed E-state index contributed by atoms with van der Waals surface area (Å²) >= 11 is 12.6. The normalized spacial score (nSPS) is 15.7. The number of ether oxygens (including phenoxy) is 2. The number of rotatable bonds is 10. The summed E-state index contributed by atoms with van der Waals surface area (Å²) in [6.45, 7) is 10.8. The number of unbranched alkanes of at least 4 members (excludes halogenated alkanes) is 1. The largest absolute Gasteiger partial charge is 0.494 e. The molecule has 2 aromatic carbocycles. The molecule has 0 N–H and O–H groups in total. The Morgan fingerprint density at radius 1 is 0.949 bits per heavy atom. The van der Waals surface area contributed by atoms with Crippen molar-refractivity contribution in [1.29, 1.82) is 0 Å². The second kappa shape index (κ2) is 13.6. The molecule has 1 amide bonds. The minimum absolute atomic E-state index is 0.0555. The molecular formula is C30H37Cl2N3O4. The molecule has 1 fully saturated rings. The number of amides is 1. The molecule has 0 aromatic heterocycles. The van der Waals surface area contributed by atoms with Crippen molar-refractivity contribution in [3.8, 4) is 5.75 Å². The fraction of sp³-hybridized carbons (Fsp3) is 0.467. The number of hydrogen-bond acceptors (Lipinski definition) is 6. The maximum atomic E-state index is 12.6. The summed E-state index contributed by atoms with van der Waals surface area (Å²) in [5, 5.41) is 1.21. The molecule has 9 heteroatoms. The van der Waals surface area contributed by atoms with Gasteiger partial charge in [0.05, 0.1) is 28.0 Å². The predicted octanol–water partition coefficient (Wildman–Crippen LogP) is 6.11. The van der Waals surface area contributed by atoms with Crippen molar-refractivity contribution in [1.82, 2.24) is 4.90 Å². The number of benzene rings is 2. The lowest BCUT2D eigenvalue weighted by Gasteiger charge is -2.36. The van der Waals surface area contributed by atoms with Crippen molar-refractivity contribution in [2.75, 3.05) is 55.9 Å². The Bertz CT molecular complexity index is 1220. The fourth-order valence-corrected chi connectivity index (χ4v) is 5.18. The number of allylic oxidation sites excluding steroid dienone is 1. The number of fused-ring (bicyclic) bond motifs is 1. The van der Waals surface area contributed by atoms with Crippen molar-refractivity contribution in [2.45, 2.75) is 46.5 Å². The number of carbonyl (C=O) groups excluding carboxylic acids is 2. The summed E-state index contributed by atoms with van der Waals surface area (Å²) in [4.78, 5) is 31.2. The molecule has 0 saturated carbocycles. The highest BCUT2D eigenvalue weighted by Crippen LogP contribution is 2.33. The van der Waals surface area contributed by atoms with Crippen molar-refractivity contribution in [3.05, 3.63) is 63.2 Å². The lowest BCUT2D eigenvalue weighted by Crippen LogP contribution is -2.46. The molecule has 2 aromatic rings. The summed E-state index contributed by atoms with van der Waals surface area (Å²) in [6.07, 6.45) is 3.03. The SMILES string of the molecule is CC(C)=C(C)C(=O)OCN1C(=O)CCc2ccc(OCCCCN3CCN(c4cccc(Cl)c4Cl)CC3)cc21. The summed E-state index contributed by atoms with van der Waals surface area (Å²) in [5.41, 5.74) is 4.26. The first-order valence-corrected chi connectivity index (χ1v) is 14.3. The molecule has 0 bridgehead atoms. The predicted molar refractivity (Wildman–Crippen MR) is 157 cm³/mol. The Balaban J connectivity index is 1.22. The molecule has 4 rings (SSSR count).